The van der Waals surface area contributed by atoms with Crippen molar-refractivity contribution in [2.75, 3.05) is 11.9 Å². The maximum atomic E-state index is 11.2. The molecule has 0 aliphatic carbocycles. The predicted molar refractivity (Wildman–Crippen MR) is 62.7 cm³/mol. The molecule has 0 spiro atoms. The molecule has 0 bridgehead atoms. The van der Waals surface area contributed by atoms with Gasteiger partial charge in [0.2, 0.25) is 5.91 Å². The number of benzene rings is 1. The van der Waals surface area contributed by atoms with Crippen molar-refractivity contribution < 1.29 is 9.59 Å². The van der Waals surface area contributed by atoms with E-state index in [0.29, 0.717) is 13.0 Å². The van der Waals surface area contributed by atoms with Crippen LogP contribution in [-0.4, -0.2) is 18.5 Å². The molecule has 1 aromatic rings. The van der Waals surface area contributed by atoms with Gasteiger partial charge < -0.3 is 16.0 Å². The molecule has 5 heteroatoms. The Morgan fingerprint density at radius 2 is 2.06 bits per heavy atom. The summed E-state index contributed by atoms with van der Waals surface area (Å²) in [5, 5.41) is 8.43. The number of rotatable bonds is 1. The van der Waals surface area contributed by atoms with E-state index in [-0.39, 0.29) is 18.0 Å². The van der Waals surface area contributed by atoms with Gasteiger partial charge in [-0.3, -0.25) is 4.79 Å². The van der Waals surface area contributed by atoms with Gasteiger partial charge in [0, 0.05) is 18.7 Å². The molecule has 3 N–H and O–H groups in total. The summed E-state index contributed by atoms with van der Waals surface area (Å²) in [6.07, 6.45) is 1.30. The topological polar surface area (TPSA) is 70.2 Å². The third-order valence-corrected chi connectivity index (χ3v) is 3.20. The fourth-order valence-corrected chi connectivity index (χ4v) is 2.28. The highest BCUT2D eigenvalue weighted by Crippen LogP contribution is 2.26. The van der Waals surface area contributed by atoms with Crippen LogP contribution in [0.5, 0.6) is 0 Å². The number of urea groups is 1. The van der Waals surface area contributed by atoms with Gasteiger partial charge in [0.1, 0.15) is 0 Å². The second-order valence-corrected chi connectivity index (χ2v) is 4.37. The van der Waals surface area contributed by atoms with Crippen LogP contribution in [0.15, 0.2) is 18.2 Å². The molecule has 2 heterocycles. The molecule has 88 valence electrons. The van der Waals surface area contributed by atoms with Crippen LogP contribution in [-0.2, 0) is 11.2 Å². The summed E-state index contributed by atoms with van der Waals surface area (Å²) >= 11 is 0. The summed E-state index contributed by atoms with van der Waals surface area (Å²) in [4.78, 5) is 22.3. The lowest BCUT2D eigenvalue weighted by Gasteiger charge is -2.19. The minimum Gasteiger partial charge on any atom is -0.336 e. The van der Waals surface area contributed by atoms with E-state index >= 15 is 0 Å². The van der Waals surface area contributed by atoms with Crippen LogP contribution in [0.2, 0.25) is 0 Å². The third-order valence-electron chi connectivity index (χ3n) is 3.20. The Bertz CT molecular complexity index is 499. The van der Waals surface area contributed by atoms with E-state index in [1.165, 1.54) is 0 Å². The molecule has 0 saturated carbocycles. The third kappa shape index (κ3) is 1.84. The quantitative estimate of drug-likeness (QED) is 0.672. The lowest BCUT2D eigenvalue weighted by molar-refractivity contribution is -0.116. The molecular weight excluding hydrogens is 218 g/mol. The van der Waals surface area contributed by atoms with Crippen molar-refractivity contribution in [2.45, 2.75) is 18.9 Å². The molecule has 1 saturated heterocycles. The Morgan fingerprint density at radius 3 is 2.82 bits per heavy atom. The molecule has 3 rings (SSSR count). The molecule has 1 atom stereocenters. The number of hydrogen-bond acceptors (Lipinski definition) is 2. The average Bonchev–Trinajstić information content (AvgIpc) is 2.75. The molecule has 1 fully saturated rings. The zero-order valence-corrected chi connectivity index (χ0v) is 9.25. The Labute approximate surface area is 98.6 Å². The molecule has 17 heavy (non-hydrogen) atoms. The first-order valence-corrected chi connectivity index (χ1v) is 5.69. The Morgan fingerprint density at radius 1 is 1.18 bits per heavy atom. The van der Waals surface area contributed by atoms with Crippen molar-refractivity contribution in [3.05, 3.63) is 29.3 Å². The van der Waals surface area contributed by atoms with Gasteiger partial charge in [0.15, 0.2) is 0 Å². The zero-order valence-electron chi connectivity index (χ0n) is 9.25. The fraction of sp³-hybridized carbons (Fsp3) is 0.333. The highest BCUT2D eigenvalue weighted by Gasteiger charge is 2.23. The number of anilines is 1. The van der Waals surface area contributed by atoms with Gasteiger partial charge in [0.25, 0.3) is 0 Å². The predicted octanol–water partition coefficient (Wildman–Crippen LogP) is 0.925. The first-order chi connectivity index (χ1) is 8.22. The van der Waals surface area contributed by atoms with E-state index in [2.05, 4.69) is 22.0 Å². The minimum atomic E-state index is -0.124. The number of aryl methyl sites for hydroxylation is 1. The standard InChI is InChI=1S/C12H13N3O2/c16-11-4-2-7-5-8(1-3-9(7)14-11)10-6-13-12(17)15-10/h1,3,5,10H,2,4,6H2,(H,14,16)(H2,13,15,17). The second-order valence-electron chi connectivity index (χ2n) is 4.37. The van der Waals surface area contributed by atoms with E-state index in [9.17, 15) is 9.59 Å². The fourth-order valence-electron chi connectivity index (χ4n) is 2.28. The van der Waals surface area contributed by atoms with Gasteiger partial charge in [0.05, 0.1) is 6.04 Å². The van der Waals surface area contributed by atoms with Crippen LogP contribution < -0.4 is 16.0 Å². The maximum absolute atomic E-state index is 11.2. The first kappa shape index (κ1) is 10.1. The molecule has 0 radical (unpaired) electrons. The summed E-state index contributed by atoms with van der Waals surface area (Å²) in [6, 6.07) is 5.83. The zero-order chi connectivity index (χ0) is 11.8. The van der Waals surface area contributed by atoms with Crippen LogP contribution in [0, 0.1) is 0 Å². The largest absolute Gasteiger partial charge is 0.336 e. The molecule has 5 nitrogen and oxygen atoms in total. The van der Waals surface area contributed by atoms with Crippen molar-refractivity contribution in [3.8, 4) is 0 Å². The number of carbonyl (C=O) groups excluding carboxylic acids is 2. The van der Waals surface area contributed by atoms with E-state index < -0.39 is 0 Å². The highest BCUT2D eigenvalue weighted by molar-refractivity contribution is 5.93. The lowest BCUT2D eigenvalue weighted by atomic mass is 9.97. The molecule has 2 aliphatic rings. The van der Waals surface area contributed by atoms with Crippen LogP contribution in [0.25, 0.3) is 0 Å². The van der Waals surface area contributed by atoms with Crippen molar-refractivity contribution in [1.82, 2.24) is 10.6 Å². The average molecular weight is 231 g/mol. The van der Waals surface area contributed by atoms with Crippen molar-refractivity contribution >= 4 is 17.6 Å². The first-order valence-electron chi connectivity index (χ1n) is 5.69. The van der Waals surface area contributed by atoms with Gasteiger partial charge >= 0.3 is 6.03 Å². The summed E-state index contributed by atoms with van der Waals surface area (Å²) in [5.74, 6) is 0.0704. The van der Waals surface area contributed by atoms with Gasteiger partial charge in [-0.15, -0.1) is 0 Å². The Kier molecular flexibility index (Phi) is 2.24. The van der Waals surface area contributed by atoms with Gasteiger partial charge in [-0.05, 0) is 23.6 Å². The normalized spacial score (nSPS) is 22.5. The van der Waals surface area contributed by atoms with Gasteiger partial charge in [-0.2, -0.15) is 0 Å². The number of hydrogen-bond donors (Lipinski definition) is 3. The maximum Gasteiger partial charge on any atom is 0.315 e. The molecule has 1 aromatic carbocycles. The molecule has 3 amide bonds. The summed E-state index contributed by atoms with van der Waals surface area (Å²) in [5.41, 5.74) is 3.11. The number of fused-ring (bicyclic) bond motifs is 1. The Balaban J connectivity index is 1.88. The van der Waals surface area contributed by atoms with E-state index in [4.69, 9.17) is 0 Å². The van der Waals surface area contributed by atoms with Crippen molar-refractivity contribution in [3.63, 3.8) is 0 Å². The van der Waals surface area contributed by atoms with Crippen molar-refractivity contribution in [2.24, 2.45) is 0 Å². The minimum absolute atomic E-state index is 0.0328. The number of carbonyl (C=O) groups is 2. The van der Waals surface area contributed by atoms with Crippen LogP contribution >= 0.6 is 0 Å². The smallest absolute Gasteiger partial charge is 0.315 e. The second kappa shape index (κ2) is 3.76. The monoisotopic (exact) mass is 231 g/mol. The Hall–Kier alpha value is -2.04. The number of amides is 3. The molecule has 2 aliphatic heterocycles. The van der Waals surface area contributed by atoms with E-state index in [1.807, 2.05) is 12.1 Å². The van der Waals surface area contributed by atoms with Gasteiger partial charge in [-0.25, -0.2) is 4.79 Å². The summed E-state index contributed by atoms with van der Waals surface area (Å²) < 4.78 is 0. The summed E-state index contributed by atoms with van der Waals surface area (Å²) in [7, 11) is 0. The summed E-state index contributed by atoms with van der Waals surface area (Å²) in [6.45, 7) is 0.615. The highest BCUT2D eigenvalue weighted by atomic mass is 16.2. The van der Waals surface area contributed by atoms with Crippen LogP contribution in [0.3, 0.4) is 0 Å². The van der Waals surface area contributed by atoms with Crippen LogP contribution in [0.4, 0.5) is 10.5 Å². The van der Waals surface area contributed by atoms with E-state index in [0.717, 1.165) is 23.2 Å². The lowest BCUT2D eigenvalue weighted by Crippen LogP contribution is -2.22. The van der Waals surface area contributed by atoms with Crippen molar-refractivity contribution in [1.29, 1.82) is 0 Å². The SMILES string of the molecule is O=C1CCc2cc(C3CNC(=O)N3)ccc2N1. The van der Waals surface area contributed by atoms with E-state index in [1.54, 1.807) is 0 Å². The van der Waals surface area contributed by atoms with Crippen LogP contribution in [0.1, 0.15) is 23.6 Å². The molecule has 0 aromatic heterocycles. The molecular formula is C12H13N3O2. The van der Waals surface area contributed by atoms with Gasteiger partial charge in [-0.1, -0.05) is 12.1 Å². The number of nitrogens with one attached hydrogen (secondary N) is 3. The molecule has 1 unspecified atom stereocenters.